The molecule has 0 fully saturated rings. The Balaban J connectivity index is 1.64. The van der Waals surface area contributed by atoms with Crippen molar-refractivity contribution in [3.05, 3.63) is 118 Å². The third-order valence-corrected chi connectivity index (χ3v) is 7.18. The van der Waals surface area contributed by atoms with Crippen LogP contribution in [0.5, 0.6) is 5.75 Å². The molecule has 40 heavy (non-hydrogen) atoms. The monoisotopic (exact) mass is 539 g/mol. The Morgan fingerprint density at radius 2 is 1.75 bits per heavy atom. The highest BCUT2D eigenvalue weighted by atomic mass is 19.1. The number of allylic oxidation sites excluding steroid dienone is 2. The third-order valence-electron chi connectivity index (χ3n) is 7.18. The maximum Gasteiger partial charge on any atom is 0.339 e. The number of quaternary nitrogens is 1. The van der Waals surface area contributed by atoms with Gasteiger partial charge in [-0.1, -0.05) is 51.1 Å². The molecule has 2 aliphatic heterocycles. The standard InChI is InChI=1S/C32H34FN5O2/c1-21-27(18-22-11-6-7-15-26(22)33)36-31-37-30(32(2,3)4)28(20-34-19-24-13-8-9-16-35-24)38(31,39)29(21)23-12-10-14-25(17-23)40-5/h6-17,34H,18-20H2,1-5H3. The number of fused-ring (bicyclic) bond motifs is 1. The van der Waals surface area contributed by atoms with E-state index in [9.17, 15) is 4.39 Å². The second-order valence-electron chi connectivity index (χ2n) is 11.0. The van der Waals surface area contributed by atoms with Gasteiger partial charge in [-0.25, -0.2) is 9.04 Å². The summed E-state index contributed by atoms with van der Waals surface area (Å²) >= 11 is 0. The van der Waals surface area contributed by atoms with E-state index < -0.39 is 10.1 Å². The molecule has 1 unspecified atom stereocenters. The number of guanidine groups is 1. The Morgan fingerprint density at radius 1 is 0.975 bits per heavy atom. The number of methoxy groups -OCH3 is 1. The number of aliphatic imine (C=N–C) groups is 2. The van der Waals surface area contributed by atoms with Gasteiger partial charge < -0.3 is 15.3 Å². The molecular formula is C32H34FN5O2. The topological polar surface area (TPSA) is 81.9 Å². The van der Waals surface area contributed by atoms with Crippen molar-refractivity contribution in [2.24, 2.45) is 15.4 Å². The van der Waals surface area contributed by atoms with Crippen molar-refractivity contribution < 1.29 is 13.8 Å². The van der Waals surface area contributed by atoms with Crippen molar-refractivity contribution in [3.8, 4) is 5.75 Å². The van der Waals surface area contributed by atoms with Gasteiger partial charge in [0.05, 0.1) is 25.1 Å². The lowest BCUT2D eigenvalue weighted by Gasteiger charge is -2.43. The average Bonchev–Trinajstić information content (AvgIpc) is 3.23. The largest absolute Gasteiger partial charge is 0.614 e. The predicted octanol–water partition coefficient (Wildman–Crippen LogP) is 6.39. The summed E-state index contributed by atoms with van der Waals surface area (Å²) in [5.41, 5.74) is 4.75. The number of benzene rings is 2. The van der Waals surface area contributed by atoms with Crippen molar-refractivity contribution in [1.29, 1.82) is 0 Å². The average molecular weight is 540 g/mol. The van der Waals surface area contributed by atoms with Crippen molar-refractivity contribution in [3.63, 3.8) is 0 Å². The molecule has 0 aliphatic carbocycles. The fourth-order valence-corrected chi connectivity index (χ4v) is 5.18. The fourth-order valence-electron chi connectivity index (χ4n) is 5.18. The number of hydroxylamine groups is 3. The van der Waals surface area contributed by atoms with E-state index in [1.165, 1.54) is 6.07 Å². The molecule has 1 atom stereocenters. The zero-order valence-electron chi connectivity index (χ0n) is 23.5. The summed E-state index contributed by atoms with van der Waals surface area (Å²) in [6, 6.07) is 19.9. The van der Waals surface area contributed by atoms with Gasteiger partial charge in [0.15, 0.2) is 11.4 Å². The highest BCUT2D eigenvalue weighted by molar-refractivity contribution is 6.14. The Bertz CT molecular complexity index is 1550. The lowest BCUT2D eigenvalue weighted by atomic mass is 9.90. The number of ether oxygens (including phenoxy) is 1. The molecule has 7 nitrogen and oxygen atoms in total. The summed E-state index contributed by atoms with van der Waals surface area (Å²) in [7, 11) is 1.60. The molecule has 3 heterocycles. The van der Waals surface area contributed by atoms with Crippen LogP contribution in [0.1, 0.15) is 44.5 Å². The predicted molar refractivity (Wildman–Crippen MR) is 157 cm³/mol. The molecule has 2 aliphatic rings. The molecule has 0 saturated heterocycles. The molecule has 0 radical (unpaired) electrons. The third kappa shape index (κ3) is 5.13. The molecule has 2 aromatic carbocycles. The summed E-state index contributed by atoms with van der Waals surface area (Å²) in [5, 5.41) is 18.8. The van der Waals surface area contributed by atoms with Crippen LogP contribution in [0.25, 0.3) is 5.70 Å². The van der Waals surface area contributed by atoms with Gasteiger partial charge in [-0.15, -0.1) is 0 Å². The summed E-state index contributed by atoms with van der Waals surface area (Å²) in [5.74, 6) is 0.458. The maximum absolute atomic E-state index is 15.3. The van der Waals surface area contributed by atoms with Crippen LogP contribution >= 0.6 is 0 Å². The molecule has 0 bridgehead atoms. The van der Waals surface area contributed by atoms with Gasteiger partial charge in [-0.05, 0) is 48.9 Å². The first-order valence-electron chi connectivity index (χ1n) is 13.3. The molecule has 8 heteroatoms. The van der Waals surface area contributed by atoms with Gasteiger partial charge in [0.25, 0.3) is 0 Å². The molecule has 0 spiro atoms. The number of pyridine rings is 1. The summed E-state index contributed by atoms with van der Waals surface area (Å²) < 4.78 is 19.3. The second kappa shape index (κ2) is 10.9. The quantitative estimate of drug-likeness (QED) is 0.266. The van der Waals surface area contributed by atoms with Gasteiger partial charge in [0.1, 0.15) is 17.3 Å². The SMILES string of the molecule is COc1cccc(C2=C(C)C(Cc3ccccc3F)=NC3=NC(C(C)(C)C)=C(CNCc4ccccn4)[N+]32[O-])c1. The summed E-state index contributed by atoms with van der Waals surface area (Å²) in [6.07, 6.45) is 1.99. The number of hydrogen-bond acceptors (Lipinski definition) is 6. The second-order valence-corrected chi connectivity index (χ2v) is 11.0. The molecule has 3 aromatic rings. The molecule has 0 saturated carbocycles. The molecule has 0 amide bonds. The first-order valence-corrected chi connectivity index (χ1v) is 13.3. The van der Waals surface area contributed by atoms with Crippen LogP contribution in [-0.4, -0.2) is 35.0 Å². The highest BCUT2D eigenvalue weighted by Gasteiger charge is 2.49. The Hall–Kier alpha value is -3.98. The molecular weight excluding hydrogens is 505 g/mol. The minimum absolute atomic E-state index is 0.134. The number of aromatic nitrogens is 1. The number of hydrogen-bond donors (Lipinski definition) is 1. The van der Waals surface area contributed by atoms with E-state index in [-0.39, 0.29) is 18.2 Å². The number of nitrogens with zero attached hydrogens (tertiary/aromatic N) is 4. The van der Waals surface area contributed by atoms with Gasteiger partial charge in [0.2, 0.25) is 0 Å². The summed E-state index contributed by atoms with van der Waals surface area (Å²) in [4.78, 5) is 14.1. The van der Waals surface area contributed by atoms with Crippen LogP contribution in [0.4, 0.5) is 4.39 Å². The van der Waals surface area contributed by atoms with Crippen molar-refractivity contribution in [1.82, 2.24) is 10.3 Å². The molecule has 5 rings (SSSR count). The van der Waals surface area contributed by atoms with Gasteiger partial charge in [-0.3, -0.25) is 4.98 Å². The first kappa shape index (κ1) is 27.6. The van der Waals surface area contributed by atoms with E-state index in [0.29, 0.717) is 58.3 Å². The Kier molecular flexibility index (Phi) is 7.51. The van der Waals surface area contributed by atoms with E-state index in [1.54, 1.807) is 31.5 Å². The Labute approximate surface area is 234 Å². The lowest BCUT2D eigenvalue weighted by Crippen LogP contribution is -2.48. The van der Waals surface area contributed by atoms with E-state index >= 15 is 5.21 Å². The minimum Gasteiger partial charge on any atom is -0.614 e. The zero-order chi connectivity index (χ0) is 28.5. The van der Waals surface area contributed by atoms with Gasteiger partial charge >= 0.3 is 5.96 Å². The smallest absolute Gasteiger partial charge is 0.339 e. The summed E-state index contributed by atoms with van der Waals surface area (Å²) in [6.45, 7) is 8.80. The van der Waals surface area contributed by atoms with Crippen molar-refractivity contribution >= 4 is 17.4 Å². The van der Waals surface area contributed by atoms with E-state index in [2.05, 4.69) is 10.3 Å². The van der Waals surface area contributed by atoms with Crippen LogP contribution in [0.3, 0.4) is 0 Å². The van der Waals surface area contributed by atoms with Crippen molar-refractivity contribution in [2.45, 2.75) is 40.7 Å². The zero-order valence-corrected chi connectivity index (χ0v) is 23.5. The van der Waals surface area contributed by atoms with Crippen LogP contribution < -0.4 is 10.1 Å². The number of rotatable bonds is 8. The number of nitrogens with one attached hydrogen (secondary N) is 1. The van der Waals surface area contributed by atoms with Gasteiger partial charge in [-0.2, -0.15) is 9.98 Å². The molecule has 1 N–H and O–H groups in total. The van der Waals surface area contributed by atoms with Crippen molar-refractivity contribution in [2.75, 3.05) is 13.7 Å². The fraction of sp³-hybridized carbons (Fsp3) is 0.281. The van der Waals surface area contributed by atoms with Crippen LogP contribution in [0.15, 0.2) is 99.9 Å². The van der Waals surface area contributed by atoms with Crippen LogP contribution in [0.2, 0.25) is 0 Å². The normalized spacial score (nSPS) is 19.0. The van der Waals surface area contributed by atoms with Crippen LogP contribution in [-0.2, 0) is 13.0 Å². The highest BCUT2D eigenvalue weighted by Crippen LogP contribution is 2.47. The van der Waals surface area contributed by atoms with E-state index in [1.807, 2.05) is 70.2 Å². The van der Waals surface area contributed by atoms with E-state index in [0.717, 1.165) is 5.69 Å². The van der Waals surface area contributed by atoms with Crippen LogP contribution in [0, 0.1) is 16.4 Å². The number of halogens is 1. The van der Waals surface area contributed by atoms with Gasteiger partial charge in [0, 0.05) is 35.7 Å². The molecule has 1 aromatic heterocycles. The molecule has 206 valence electrons. The lowest BCUT2D eigenvalue weighted by molar-refractivity contribution is -0.665. The van der Waals surface area contributed by atoms with E-state index in [4.69, 9.17) is 14.7 Å². The maximum atomic E-state index is 15.3. The Morgan fingerprint density at radius 3 is 2.45 bits per heavy atom. The first-order chi connectivity index (χ1) is 19.1. The minimum atomic E-state index is -0.915.